The molecule has 0 saturated carbocycles. The van der Waals surface area contributed by atoms with E-state index in [0.717, 1.165) is 31.6 Å². The maximum atomic E-state index is 12.3. The van der Waals surface area contributed by atoms with Gasteiger partial charge in [-0.05, 0) is 43.2 Å². The highest BCUT2D eigenvalue weighted by atomic mass is 16.3. The molecule has 1 aliphatic heterocycles. The Morgan fingerprint density at radius 1 is 1.00 bits per heavy atom. The lowest BCUT2D eigenvalue weighted by molar-refractivity contribution is -0.129. The Bertz CT molecular complexity index is 704. The maximum Gasteiger partial charge on any atom is 0.291 e. The van der Waals surface area contributed by atoms with Gasteiger partial charge in [-0.25, -0.2) is 0 Å². The van der Waals surface area contributed by atoms with Crippen LogP contribution in [-0.2, 0) is 4.79 Å². The van der Waals surface area contributed by atoms with Crippen LogP contribution in [0.5, 0.6) is 0 Å². The first-order valence-electron chi connectivity index (χ1n) is 8.69. The lowest BCUT2D eigenvalue weighted by atomic mass is 10.2. The molecule has 25 heavy (non-hydrogen) atoms. The summed E-state index contributed by atoms with van der Waals surface area (Å²) in [6, 6.07) is 10.6. The topological polar surface area (TPSA) is 74.6 Å². The van der Waals surface area contributed by atoms with Crippen LogP contribution in [0.15, 0.2) is 47.1 Å². The third kappa shape index (κ3) is 4.86. The van der Waals surface area contributed by atoms with Crippen molar-refractivity contribution < 1.29 is 14.0 Å². The number of rotatable bonds is 5. The van der Waals surface area contributed by atoms with E-state index in [-0.39, 0.29) is 24.1 Å². The molecule has 1 saturated heterocycles. The molecule has 0 atom stereocenters. The molecule has 6 heteroatoms. The van der Waals surface area contributed by atoms with Gasteiger partial charge in [0.15, 0.2) is 5.76 Å². The summed E-state index contributed by atoms with van der Waals surface area (Å²) < 4.78 is 5.08. The molecule has 1 aliphatic rings. The number of carbonyl (C=O) groups excluding carboxylic acids is 2. The molecule has 2 heterocycles. The Morgan fingerprint density at radius 3 is 2.48 bits per heavy atom. The minimum absolute atomic E-state index is 0.118. The van der Waals surface area contributed by atoms with Crippen molar-refractivity contribution in [2.75, 3.05) is 30.3 Å². The predicted molar refractivity (Wildman–Crippen MR) is 96.6 cm³/mol. The van der Waals surface area contributed by atoms with Gasteiger partial charge in [0.05, 0.1) is 12.8 Å². The monoisotopic (exact) mass is 341 g/mol. The summed E-state index contributed by atoms with van der Waals surface area (Å²) in [6.07, 6.45) is 6.03. The molecular formula is C19H23N3O3. The molecule has 2 N–H and O–H groups in total. The number of furan rings is 1. The molecule has 1 aromatic carbocycles. The maximum absolute atomic E-state index is 12.3. The normalized spacial score (nSPS) is 14.6. The lowest BCUT2D eigenvalue weighted by Gasteiger charge is -2.20. The summed E-state index contributed by atoms with van der Waals surface area (Å²) in [7, 11) is 0. The van der Waals surface area contributed by atoms with E-state index in [1.165, 1.54) is 19.1 Å². The molecule has 2 aromatic rings. The van der Waals surface area contributed by atoms with E-state index in [2.05, 4.69) is 10.6 Å². The molecule has 3 rings (SSSR count). The third-order valence-electron chi connectivity index (χ3n) is 4.27. The molecule has 0 unspecified atom stereocenters. The van der Waals surface area contributed by atoms with Crippen molar-refractivity contribution in [1.82, 2.24) is 4.90 Å². The van der Waals surface area contributed by atoms with Crippen LogP contribution in [0.25, 0.3) is 0 Å². The van der Waals surface area contributed by atoms with Crippen molar-refractivity contribution in [2.24, 2.45) is 0 Å². The SMILES string of the molecule is O=C(Nc1cccc(NCC(=O)N2CCCCCC2)c1)c1ccco1. The summed E-state index contributed by atoms with van der Waals surface area (Å²) in [5.74, 6) is 0.0735. The van der Waals surface area contributed by atoms with Gasteiger partial charge < -0.3 is 20.0 Å². The second kappa shape index (κ2) is 8.37. The fourth-order valence-corrected chi connectivity index (χ4v) is 2.92. The molecular weight excluding hydrogens is 318 g/mol. The number of hydrogen-bond donors (Lipinski definition) is 2. The Hall–Kier alpha value is -2.76. The van der Waals surface area contributed by atoms with Crippen LogP contribution in [0.2, 0.25) is 0 Å². The highest BCUT2D eigenvalue weighted by Crippen LogP contribution is 2.16. The number of likely N-dealkylation sites (tertiary alicyclic amines) is 1. The van der Waals surface area contributed by atoms with Crippen LogP contribution in [0, 0.1) is 0 Å². The average molecular weight is 341 g/mol. The first kappa shape index (κ1) is 17.1. The zero-order valence-corrected chi connectivity index (χ0v) is 14.2. The number of nitrogens with zero attached hydrogens (tertiary/aromatic N) is 1. The quantitative estimate of drug-likeness (QED) is 0.874. The van der Waals surface area contributed by atoms with Crippen LogP contribution >= 0.6 is 0 Å². The highest BCUT2D eigenvalue weighted by Gasteiger charge is 2.15. The smallest absolute Gasteiger partial charge is 0.291 e. The van der Waals surface area contributed by atoms with Gasteiger partial charge in [0.25, 0.3) is 5.91 Å². The number of hydrogen-bond acceptors (Lipinski definition) is 4. The van der Waals surface area contributed by atoms with Crippen molar-refractivity contribution in [1.29, 1.82) is 0 Å². The van der Waals surface area contributed by atoms with Gasteiger partial charge in [-0.2, -0.15) is 0 Å². The number of nitrogens with one attached hydrogen (secondary N) is 2. The van der Waals surface area contributed by atoms with Gasteiger partial charge in [0.2, 0.25) is 5.91 Å². The van der Waals surface area contributed by atoms with Crippen LogP contribution < -0.4 is 10.6 Å². The van der Waals surface area contributed by atoms with Gasteiger partial charge in [-0.3, -0.25) is 9.59 Å². The molecule has 2 amide bonds. The first-order valence-corrected chi connectivity index (χ1v) is 8.69. The molecule has 0 bridgehead atoms. The fourth-order valence-electron chi connectivity index (χ4n) is 2.92. The zero-order chi connectivity index (χ0) is 17.5. The minimum atomic E-state index is -0.303. The molecule has 0 aliphatic carbocycles. The van der Waals surface area contributed by atoms with Crippen LogP contribution in [0.1, 0.15) is 36.2 Å². The zero-order valence-electron chi connectivity index (χ0n) is 14.2. The van der Waals surface area contributed by atoms with E-state index >= 15 is 0 Å². The van der Waals surface area contributed by atoms with Crippen molar-refractivity contribution in [3.8, 4) is 0 Å². The molecule has 0 radical (unpaired) electrons. The summed E-state index contributed by atoms with van der Waals surface area (Å²) in [5.41, 5.74) is 1.44. The van der Waals surface area contributed by atoms with E-state index in [0.29, 0.717) is 5.69 Å². The largest absolute Gasteiger partial charge is 0.459 e. The van der Waals surface area contributed by atoms with Crippen molar-refractivity contribution in [2.45, 2.75) is 25.7 Å². The van der Waals surface area contributed by atoms with Crippen LogP contribution in [0.3, 0.4) is 0 Å². The first-order chi connectivity index (χ1) is 12.2. The summed E-state index contributed by atoms with van der Waals surface area (Å²) in [4.78, 5) is 26.3. The van der Waals surface area contributed by atoms with Gasteiger partial charge in [0.1, 0.15) is 0 Å². The fraction of sp³-hybridized carbons (Fsp3) is 0.368. The van der Waals surface area contributed by atoms with E-state index < -0.39 is 0 Å². The van der Waals surface area contributed by atoms with Crippen molar-refractivity contribution in [3.05, 3.63) is 48.4 Å². The molecule has 0 spiro atoms. The summed E-state index contributed by atoms with van der Waals surface area (Å²) >= 11 is 0. The van der Waals surface area contributed by atoms with Gasteiger partial charge in [-0.1, -0.05) is 18.9 Å². The number of benzene rings is 1. The second-order valence-electron chi connectivity index (χ2n) is 6.16. The van der Waals surface area contributed by atoms with Crippen molar-refractivity contribution >= 4 is 23.2 Å². The van der Waals surface area contributed by atoms with E-state index in [1.807, 2.05) is 17.0 Å². The Balaban J connectivity index is 1.54. The van der Waals surface area contributed by atoms with Gasteiger partial charge in [0, 0.05) is 24.5 Å². The third-order valence-corrected chi connectivity index (χ3v) is 4.27. The standard InChI is InChI=1S/C19H23N3O3/c23-18(22-10-3-1-2-4-11-22)14-20-15-7-5-8-16(13-15)21-19(24)17-9-6-12-25-17/h5-9,12-13,20H,1-4,10-11,14H2,(H,21,24). The molecule has 1 fully saturated rings. The number of anilines is 2. The van der Waals surface area contributed by atoms with E-state index in [9.17, 15) is 9.59 Å². The average Bonchev–Trinajstić information content (AvgIpc) is 3.03. The van der Waals surface area contributed by atoms with Crippen LogP contribution in [0.4, 0.5) is 11.4 Å². The second-order valence-corrected chi connectivity index (χ2v) is 6.16. The predicted octanol–water partition coefficient (Wildman–Crippen LogP) is 3.35. The molecule has 1 aromatic heterocycles. The van der Waals surface area contributed by atoms with Gasteiger partial charge >= 0.3 is 0 Å². The van der Waals surface area contributed by atoms with Crippen LogP contribution in [-0.4, -0.2) is 36.3 Å². The summed E-state index contributed by atoms with van der Waals surface area (Å²) in [6.45, 7) is 1.95. The van der Waals surface area contributed by atoms with Crippen molar-refractivity contribution in [3.63, 3.8) is 0 Å². The summed E-state index contributed by atoms with van der Waals surface area (Å²) in [5, 5.41) is 5.92. The lowest BCUT2D eigenvalue weighted by Crippen LogP contribution is -2.36. The number of carbonyl (C=O) groups is 2. The van der Waals surface area contributed by atoms with Gasteiger partial charge in [-0.15, -0.1) is 0 Å². The van der Waals surface area contributed by atoms with E-state index in [4.69, 9.17) is 4.42 Å². The minimum Gasteiger partial charge on any atom is -0.459 e. The molecule has 132 valence electrons. The molecule has 6 nitrogen and oxygen atoms in total. The Kier molecular flexibility index (Phi) is 5.72. The Morgan fingerprint density at radius 2 is 1.76 bits per heavy atom. The number of amides is 2. The highest BCUT2D eigenvalue weighted by molar-refractivity contribution is 6.02. The van der Waals surface area contributed by atoms with E-state index in [1.54, 1.807) is 24.3 Å². The Labute approximate surface area is 147 Å².